The lowest BCUT2D eigenvalue weighted by Gasteiger charge is -2.09. The fourth-order valence-electron chi connectivity index (χ4n) is 0.515. The summed E-state index contributed by atoms with van der Waals surface area (Å²) in [6, 6.07) is 0. The molecule has 0 aliphatic rings. The third kappa shape index (κ3) is 2.96. The van der Waals surface area contributed by atoms with Crippen LogP contribution in [0.4, 0.5) is 0 Å². The maximum absolute atomic E-state index is 10.3. The number of carbonyl (C=O) groups is 2. The zero-order chi connectivity index (χ0) is 8.15. The van der Waals surface area contributed by atoms with E-state index in [9.17, 15) is 9.59 Å². The van der Waals surface area contributed by atoms with Crippen LogP contribution in [0.25, 0.3) is 0 Å². The smallest absolute Gasteiger partial charge is 0.317 e. The Morgan fingerprint density at radius 1 is 1.80 bits per heavy atom. The maximum atomic E-state index is 10.3. The van der Waals surface area contributed by atoms with Crippen LogP contribution in [0.5, 0.6) is 0 Å². The number of rotatable bonds is 4. The first-order chi connectivity index (χ1) is 4.59. The lowest BCUT2D eigenvalue weighted by molar-refractivity contribution is -0.137. The second-order valence-corrected chi connectivity index (χ2v) is 3.11. The van der Waals surface area contributed by atoms with Crippen LogP contribution in [0, 0.1) is 5.92 Å². The van der Waals surface area contributed by atoms with E-state index in [1.807, 2.05) is 0 Å². The number of alkyl halides is 1. The zero-order valence-corrected chi connectivity index (χ0v) is 7.17. The summed E-state index contributed by atoms with van der Waals surface area (Å²) in [5.74, 6) is -1.07. The molecule has 0 saturated carbocycles. The molecule has 0 spiro atoms. The lowest BCUT2D eigenvalue weighted by atomic mass is 10.1. The van der Waals surface area contributed by atoms with Gasteiger partial charge in [0.05, 0.1) is 0 Å². The van der Waals surface area contributed by atoms with E-state index in [0.717, 1.165) is 6.29 Å². The molecule has 0 heterocycles. The van der Waals surface area contributed by atoms with Crippen LogP contribution in [-0.4, -0.2) is 22.2 Å². The van der Waals surface area contributed by atoms with E-state index in [2.05, 4.69) is 15.9 Å². The molecule has 0 rings (SSSR count). The Morgan fingerprint density at radius 2 is 2.30 bits per heavy atom. The van der Waals surface area contributed by atoms with Crippen molar-refractivity contribution in [2.45, 2.75) is 18.2 Å². The van der Waals surface area contributed by atoms with Crippen LogP contribution in [0.2, 0.25) is 0 Å². The molecule has 0 aromatic rings. The quantitative estimate of drug-likeness (QED) is 0.556. The van der Waals surface area contributed by atoms with Gasteiger partial charge < -0.3 is 9.90 Å². The van der Waals surface area contributed by atoms with Gasteiger partial charge in [0.15, 0.2) is 0 Å². The third-order valence-electron chi connectivity index (χ3n) is 1.20. The maximum Gasteiger partial charge on any atom is 0.317 e. The highest BCUT2D eigenvalue weighted by molar-refractivity contribution is 9.10. The highest BCUT2D eigenvalue weighted by atomic mass is 79.9. The van der Waals surface area contributed by atoms with Gasteiger partial charge in [-0.3, -0.25) is 4.79 Å². The van der Waals surface area contributed by atoms with Crippen LogP contribution in [0.3, 0.4) is 0 Å². The topological polar surface area (TPSA) is 54.4 Å². The van der Waals surface area contributed by atoms with Crippen LogP contribution in [0.15, 0.2) is 0 Å². The Hall–Kier alpha value is -0.380. The van der Waals surface area contributed by atoms with E-state index >= 15 is 0 Å². The van der Waals surface area contributed by atoms with E-state index in [0.29, 0.717) is 0 Å². The average Bonchev–Trinajstić information content (AvgIpc) is 1.87. The first-order valence-corrected chi connectivity index (χ1v) is 3.81. The van der Waals surface area contributed by atoms with Gasteiger partial charge in [0.1, 0.15) is 11.1 Å². The van der Waals surface area contributed by atoms with Gasteiger partial charge in [-0.05, 0) is 5.92 Å². The molecule has 58 valence electrons. The molecule has 0 aliphatic carbocycles. The summed E-state index contributed by atoms with van der Waals surface area (Å²) in [5, 5.41) is 8.42. The second-order valence-electron chi connectivity index (χ2n) is 2.12. The largest absolute Gasteiger partial charge is 0.480 e. The molecule has 0 bridgehead atoms. The molecule has 0 fully saturated rings. The summed E-state index contributed by atoms with van der Waals surface area (Å²) in [5.41, 5.74) is 0. The van der Waals surface area contributed by atoms with Crippen molar-refractivity contribution in [2.75, 3.05) is 0 Å². The molecule has 3 nitrogen and oxygen atoms in total. The van der Waals surface area contributed by atoms with E-state index in [1.165, 1.54) is 0 Å². The minimum Gasteiger partial charge on any atom is -0.480 e. The summed E-state index contributed by atoms with van der Waals surface area (Å²) in [6.07, 6.45) is 1.00. The summed E-state index contributed by atoms with van der Waals surface area (Å²) in [7, 11) is 0. The first kappa shape index (κ1) is 9.62. The van der Waals surface area contributed by atoms with Crippen molar-refractivity contribution in [2.24, 2.45) is 5.92 Å². The normalized spacial score (nSPS) is 15.8. The minimum absolute atomic E-state index is 0.144. The third-order valence-corrected chi connectivity index (χ3v) is 2.50. The Morgan fingerprint density at radius 3 is 2.60 bits per heavy atom. The van der Waals surface area contributed by atoms with E-state index in [1.54, 1.807) is 6.92 Å². The molecular formula is C6H9BrO3. The highest BCUT2D eigenvalue weighted by Crippen LogP contribution is 2.14. The van der Waals surface area contributed by atoms with Gasteiger partial charge in [0, 0.05) is 6.42 Å². The molecule has 0 aromatic heterocycles. The van der Waals surface area contributed by atoms with Crippen molar-refractivity contribution in [3.05, 3.63) is 0 Å². The summed E-state index contributed by atoms with van der Waals surface area (Å²) in [4.78, 5) is 19.6. The highest BCUT2D eigenvalue weighted by Gasteiger charge is 2.20. The summed E-state index contributed by atoms with van der Waals surface area (Å²) in [6.45, 7) is 1.71. The fraction of sp³-hybridized carbons (Fsp3) is 0.667. The monoisotopic (exact) mass is 208 g/mol. The molecule has 0 aliphatic heterocycles. The Kier molecular flexibility index (Phi) is 4.27. The van der Waals surface area contributed by atoms with Gasteiger partial charge in [-0.25, -0.2) is 0 Å². The predicted molar refractivity (Wildman–Crippen MR) is 40.2 cm³/mol. The van der Waals surface area contributed by atoms with Crippen molar-refractivity contribution in [3.8, 4) is 0 Å². The van der Waals surface area contributed by atoms with Crippen LogP contribution >= 0.6 is 15.9 Å². The molecule has 2 atom stereocenters. The number of aliphatic carboxylic acids is 1. The summed E-state index contributed by atoms with van der Waals surface area (Å²) < 4.78 is 0. The van der Waals surface area contributed by atoms with Gasteiger partial charge in [-0.15, -0.1) is 0 Å². The molecular weight excluding hydrogens is 200 g/mol. The average molecular weight is 209 g/mol. The number of hydrogen-bond acceptors (Lipinski definition) is 2. The molecule has 0 saturated heterocycles. The molecule has 2 unspecified atom stereocenters. The van der Waals surface area contributed by atoms with Gasteiger partial charge in [0.2, 0.25) is 0 Å². The Balaban J connectivity index is 3.80. The van der Waals surface area contributed by atoms with Crippen LogP contribution in [-0.2, 0) is 9.59 Å². The first-order valence-electron chi connectivity index (χ1n) is 2.90. The van der Waals surface area contributed by atoms with Crippen molar-refractivity contribution < 1.29 is 14.7 Å². The SMILES string of the molecule is CC(CC=O)C(Br)C(=O)O. The van der Waals surface area contributed by atoms with Gasteiger partial charge in [0.25, 0.3) is 0 Å². The van der Waals surface area contributed by atoms with Crippen LogP contribution in [0.1, 0.15) is 13.3 Å². The van der Waals surface area contributed by atoms with Crippen molar-refractivity contribution in [1.82, 2.24) is 0 Å². The van der Waals surface area contributed by atoms with Gasteiger partial charge in [-0.2, -0.15) is 0 Å². The van der Waals surface area contributed by atoms with Crippen molar-refractivity contribution in [1.29, 1.82) is 0 Å². The fourth-order valence-corrected chi connectivity index (χ4v) is 0.730. The minimum atomic E-state index is -0.922. The van der Waals surface area contributed by atoms with Gasteiger partial charge >= 0.3 is 5.97 Å². The second kappa shape index (κ2) is 4.44. The number of halogens is 1. The standard InChI is InChI=1S/C6H9BrO3/c1-4(2-3-8)5(7)6(9)10/h3-5H,2H2,1H3,(H,9,10). The molecule has 1 N–H and O–H groups in total. The summed E-state index contributed by atoms with van der Waals surface area (Å²) >= 11 is 2.95. The van der Waals surface area contributed by atoms with Crippen molar-refractivity contribution in [3.63, 3.8) is 0 Å². The molecule has 10 heavy (non-hydrogen) atoms. The lowest BCUT2D eigenvalue weighted by Crippen LogP contribution is -2.21. The molecule has 4 heteroatoms. The van der Waals surface area contributed by atoms with E-state index in [-0.39, 0.29) is 12.3 Å². The van der Waals surface area contributed by atoms with Crippen molar-refractivity contribution >= 4 is 28.2 Å². The van der Waals surface area contributed by atoms with Gasteiger partial charge in [-0.1, -0.05) is 22.9 Å². The predicted octanol–water partition coefficient (Wildman–Crippen LogP) is 1.06. The number of carboxylic acids is 1. The Bertz CT molecular complexity index is 135. The number of carboxylic acid groups (broad SMARTS) is 1. The Labute approximate surface area is 67.5 Å². The zero-order valence-electron chi connectivity index (χ0n) is 5.58. The molecule has 0 radical (unpaired) electrons. The van der Waals surface area contributed by atoms with E-state index < -0.39 is 10.8 Å². The molecule has 0 amide bonds. The molecule has 0 aromatic carbocycles. The van der Waals surface area contributed by atoms with Crippen LogP contribution < -0.4 is 0 Å². The number of carbonyl (C=O) groups excluding carboxylic acids is 1. The van der Waals surface area contributed by atoms with E-state index in [4.69, 9.17) is 5.11 Å². The number of aldehydes is 1. The number of hydrogen-bond donors (Lipinski definition) is 1.